The molecular weight excluding hydrogens is 178 g/mol. The van der Waals surface area contributed by atoms with E-state index >= 15 is 0 Å². The van der Waals surface area contributed by atoms with Gasteiger partial charge < -0.3 is 14.8 Å². The van der Waals surface area contributed by atoms with Crippen LogP contribution < -0.4 is 5.32 Å². The molecule has 3 heteroatoms. The van der Waals surface area contributed by atoms with Crippen LogP contribution in [0.5, 0.6) is 0 Å². The molecule has 2 unspecified atom stereocenters. The minimum absolute atomic E-state index is 0.466. The summed E-state index contributed by atoms with van der Waals surface area (Å²) < 4.78 is 10.7. The van der Waals surface area contributed by atoms with E-state index in [1.807, 2.05) is 14.0 Å². The van der Waals surface area contributed by atoms with E-state index in [4.69, 9.17) is 9.47 Å². The number of nitrogens with one attached hydrogen (secondary N) is 1. The molecule has 0 saturated heterocycles. The van der Waals surface area contributed by atoms with Crippen LogP contribution in [0.2, 0.25) is 0 Å². The fourth-order valence-corrected chi connectivity index (χ4v) is 2.02. The first-order valence-electron chi connectivity index (χ1n) is 5.70. The van der Waals surface area contributed by atoms with E-state index < -0.39 is 0 Å². The third-order valence-electron chi connectivity index (χ3n) is 2.84. The van der Waals surface area contributed by atoms with Crippen molar-refractivity contribution in [1.82, 2.24) is 5.32 Å². The summed E-state index contributed by atoms with van der Waals surface area (Å²) in [5.41, 5.74) is 0. The van der Waals surface area contributed by atoms with Gasteiger partial charge in [0.05, 0.1) is 12.7 Å². The van der Waals surface area contributed by atoms with Gasteiger partial charge in [0.15, 0.2) is 0 Å². The van der Waals surface area contributed by atoms with Crippen LogP contribution in [-0.4, -0.2) is 39.0 Å². The molecule has 0 aliphatic heterocycles. The molecule has 1 aliphatic rings. The van der Waals surface area contributed by atoms with Crippen LogP contribution in [0.1, 0.15) is 32.6 Å². The van der Waals surface area contributed by atoms with Crippen molar-refractivity contribution in [1.29, 1.82) is 0 Å². The number of hydrogen-bond acceptors (Lipinski definition) is 3. The predicted octanol–water partition coefficient (Wildman–Crippen LogP) is 1.57. The van der Waals surface area contributed by atoms with Crippen molar-refractivity contribution in [3.8, 4) is 0 Å². The Labute approximate surface area is 87.2 Å². The SMILES string of the molecule is CCOCCNC1CCCC(OC)C1. The van der Waals surface area contributed by atoms with E-state index in [1.54, 1.807) is 0 Å². The van der Waals surface area contributed by atoms with Crippen LogP contribution in [0.25, 0.3) is 0 Å². The third-order valence-corrected chi connectivity index (χ3v) is 2.84. The smallest absolute Gasteiger partial charge is 0.0590 e. The van der Waals surface area contributed by atoms with Gasteiger partial charge in [0.2, 0.25) is 0 Å². The standard InChI is InChI=1S/C11H23NO2/c1-3-14-8-7-12-10-5-4-6-11(9-10)13-2/h10-12H,3-9H2,1-2H3. The first-order chi connectivity index (χ1) is 6.86. The first kappa shape index (κ1) is 12.0. The Hall–Kier alpha value is -0.120. The van der Waals surface area contributed by atoms with E-state index in [-0.39, 0.29) is 0 Å². The second kappa shape index (κ2) is 7.21. The summed E-state index contributed by atoms with van der Waals surface area (Å²) in [6.45, 7) is 4.63. The molecule has 0 heterocycles. The number of methoxy groups -OCH3 is 1. The van der Waals surface area contributed by atoms with Crippen molar-refractivity contribution < 1.29 is 9.47 Å². The molecule has 1 saturated carbocycles. The van der Waals surface area contributed by atoms with Crippen molar-refractivity contribution in [2.75, 3.05) is 26.9 Å². The predicted molar refractivity (Wildman–Crippen MR) is 57.5 cm³/mol. The van der Waals surface area contributed by atoms with Crippen LogP contribution in [-0.2, 0) is 9.47 Å². The van der Waals surface area contributed by atoms with Gasteiger partial charge >= 0.3 is 0 Å². The second-order valence-corrected chi connectivity index (χ2v) is 3.87. The lowest BCUT2D eigenvalue weighted by molar-refractivity contribution is 0.0567. The highest BCUT2D eigenvalue weighted by Gasteiger charge is 2.20. The highest BCUT2D eigenvalue weighted by molar-refractivity contribution is 4.77. The molecule has 0 amide bonds. The Morgan fingerprint density at radius 2 is 2.21 bits per heavy atom. The van der Waals surface area contributed by atoms with Gasteiger partial charge in [-0.3, -0.25) is 0 Å². The Bertz CT molecular complexity index is 141. The van der Waals surface area contributed by atoms with Crippen molar-refractivity contribution >= 4 is 0 Å². The van der Waals surface area contributed by atoms with Crippen LogP contribution >= 0.6 is 0 Å². The molecule has 3 nitrogen and oxygen atoms in total. The van der Waals surface area contributed by atoms with E-state index in [0.29, 0.717) is 12.1 Å². The molecule has 1 fully saturated rings. The molecule has 0 spiro atoms. The topological polar surface area (TPSA) is 30.5 Å². The minimum Gasteiger partial charge on any atom is -0.381 e. The summed E-state index contributed by atoms with van der Waals surface area (Å²) >= 11 is 0. The van der Waals surface area contributed by atoms with Crippen molar-refractivity contribution in [2.24, 2.45) is 0 Å². The Balaban J connectivity index is 2.05. The summed E-state index contributed by atoms with van der Waals surface area (Å²) in [4.78, 5) is 0. The van der Waals surface area contributed by atoms with Crippen LogP contribution in [0.3, 0.4) is 0 Å². The summed E-state index contributed by atoms with van der Waals surface area (Å²) in [6.07, 6.45) is 5.41. The fraction of sp³-hybridized carbons (Fsp3) is 1.00. The van der Waals surface area contributed by atoms with Crippen LogP contribution in [0, 0.1) is 0 Å². The van der Waals surface area contributed by atoms with Gasteiger partial charge in [-0.15, -0.1) is 0 Å². The summed E-state index contributed by atoms with van der Waals surface area (Å²) in [6, 6.07) is 0.633. The Morgan fingerprint density at radius 1 is 1.36 bits per heavy atom. The Kier molecular flexibility index (Phi) is 6.15. The molecule has 84 valence electrons. The molecule has 2 atom stereocenters. The number of hydrogen-bond donors (Lipinski definition) is 1. The average Bonchev–Trinajstić information content (AvgIpc) is 2.25. The average molecular weight is 201 g/mol. The van der Waals surface area contributed by atoms with Crippen LogP contribution in [0.15, 0.2) is 0 Å². The van der Waals surface area contributed by atoms with Crippen molar-refractivity contribution in [2.45, 2.75) is 44.8 Å². The molecule has 14 heavy (non-hydrogen) atoms. The molecule has 0 aromatic rings. The zero-order chi connectivity index (χ0) is 10.2. The van der Waals surface area contributed by atoms with Gasteiger partial charge in [-0.2, -0.15) is 0 Å². The van der Waals surface area contributed by atoms with E-state index in [2.05, 4.69) is 5.32 Å². The van der Waals surface area contributed by atoms with E-state index in [0.717, 1.165) is 26.2 Å². The van der Waals surface area contributed by atoms with Gasteiger partial charge in [-0.25, -0.2) is 0 Å². The normalized spacial score (nSPS) is 27.9. The minimum atomic E-state index is 0.466. The molecular formula is C11H23NO2. The zero-order valence-electron chi connectivity index (χ0n) is 9.42. The summed E-state index contributed by atoms with van der Waals surface area (Å²) in [5.74, 6) is 0. The molecule has 0 radical (unpaired) electrons. The second-order valence-electron chi connectivity index (χ2n) is 3.87. The van der Waals surface area contributed by atoms with Gasteiger partial charge in [0.25, 0.3) is 0 Å². The third kappa shape index (κ3) is 4.40. The van der Waals surface area contributed by atoms with Gasteiger partial charge in [-0.05, 0) is 32.6 Å². The monoisotopic (exact) mass is 201 g/mol. The molecule has 0 aromatic heterocycles. The molecule has 0 bridgehead atoms. The maximum absolute atomic E-state index is 5.38. The molecule has 1 aliphatic carbocycles. The summed E-state index contributed by atoms with van der Waals surface area (Å²) in [5, 5.41) is 3.52. The van der Waals surface area contributed by atoms with Gasteiger partial charge in [0, 0.05) is 26.3 Å². The largest absolute Gasteiger partial charge is 0.381 e. The molecule has 0 aromatic carbocycles. The molecule has 1 N–H and O–H groups in total. The number of ether oxygens (including phenoxy) is 2. The first-order valence-corrected chi connectivity index (χ1v) is 5.70. The highest BCUT2D eigenvalue weighted by Crippen LogP contribution is 2.20. The molecule has 1 rings (SSSR count). The maximum Gasteiger partial charge on any atom is 0.0590 e. The van der Waals surface area contributed by atoms with E-state index in [9.17, 15) is 0 Å². The lowest BCUT2D eigenvalue weighted by atomic mass is 9.93. The quantitative estimate of drug-likeness (QED) is 0.662. The maximum atomic E-state index is 5.38. The van der Waals surface area contributed by atoms with Gasteiger partial charge in [0.1, 0.15) is 0 Å². The lowest BCUT2D eigenvalue weighted by Gasteiger charge is -2.28. The van der Waals surface area contributed by atoms with Crippen molar-refractivity contribution in [3.05, 3.63) is 0 Å². The van der Waals surface area contributed by atoms with Gasteiger partial charge in [-0.1, -0.05) is 0 Å². The fourth-order valence-electron chi connectivity index (χ4n) is 2.02. The van der Waals surface area contributed by atoms with Crippen LogP contribution in [0.4, 0.5) is 0 Å². The highest BCUT2D eigenvalue weighted by atomic mass is 16.5. The lowest BCUT2D eigenvalue weighted by Crippen LogP contribution is -2.38. The van der Waals surface area contributed by atoms with E-state index in [1.165, 1.54) is 19.3 Å². The number of rotatable bonds is 6. The zero-order valence-corrected chi connectivity index (χ0v) is 9.42. The Morgan fingerprint density at radius 3 is 2.93 bits per heavy atom. The van der Waals surface area contributed by atoms with Crippen molar-refractivity contribution in [3.63, 3.8) is 0 Å². The summed E-state index contributed by atoms with van der Waals surface area (Å²) in [7, 11) is 1.81.